The molecule has 1 aromatic rings. The third-order valence-corrected chi connectivity index (χ3v) is 2.62. The zero-order valence-electron chi connectivity index (χ0n) is 11.3. The number of carbonyl (C=O) groups is 2. The average molecular weight is 259 g/mol. The first kappa shape index (κ1) is 14.7. The van der Waals surface area contributed by atoms with E-state index < -0.39 is 0 Å². The molecule has 19 heavy (non-hydrogen) atoms. The van der Waals surface area contributed by atoms with E-state index in [1.165, 1.54) is 11.8 Å². The van der Waals surface area contributed by atoms with E-state index in [0.29, 0.717) is 11.3 Å². The van der Waals surface area contributed by atoms with Crippen LogP contribution in [0, 0.1) is 11.3 Å². The second-order valence-electron chi connectivity index (χ2n) is 4.48. The minimum Gasteiger partial charge on any atom is -0.331 e. The number of nitriles is 1. The van der Waals surface area contributed by atoms with E-state index in [-0.39, 0.29) is 24.4 Å². The molecule has 5 heteroatoms. The Morgan fingerprint density at radius 2 is 2.11 bits per heavy atom. The summed E-state index contributed by atoms with van der Waals surface area (Å²) in [6.45, 7) is 5.14. The molecular formula is C14H17N3O2. The van der Waals surface area contributed by atoms with Gasteiger partial charge in [0.2, 0.25) is 11.8 Å². The number of hydrogen-bond donors (Lipinski definition) is 1. The monoisotopic (exact) mass is 259 g/mol. The van der Waals surface area contributed by atoms with Crippen molar-refractivity contribution in [2.24, 2.45) is 0 Å². The molecule has 0 radical (unpaired) electrons. The van der Waals surface area contributed by atoms with Crippen LogP contribution in [0.3, 0.4) is 0 Å². The van der Waals surface area contributed by atoms with Gasteiger partial charge in [0.05, 0.1) is 11.6 Å². The van der Waals surface area contributed by atoms with Crippen LogP contribution in [0.1, 0.15) is 26.3 Å². The Morgan fingerprint density at radius 1 is 1.42 bits per heavy atom. The van der Waals surface area contributed by atoms with Gasteiger partial charge in [-0.15, -0.1) is 0 Å². The Balaban J connectivity index is 2.69. The summed E-state index contributed by atoms with van der Waals surface area (Å²) in [6, 6.07) is 8.61. The van der Waals surface area contributed by atoms with Crippen molar-refractivity contribution in [3.8, 4) is 6.07 Å². The van der Waals surface area contributed by atoms with Gasteiger partial charge in [0.15, 0.2) is 0 Å². The van der Waals surface area contributed by atoms with Crippen LogP contribution in [0.2, 0.25) is 0 Å². The molecule has 2 amide bonds. The molecule has 0 unspecified atom stereocenters. The van der Waals surface area contributed by atoms with E-state index in [9.17, 15) is 9.59 Å². The molecule has 0 saturated carbocycles. The van der Waals surface area contributed by atoms with Crippen molar-refractivity contribution >= 4 is 17.5 Å². The van der Waals surface area contributed by atoms with Gasteiger partial charge < -0.3 is 10.2 Å². The van der Waals surface area contributed by atoms with Crippen LogP contribution in [0.4, 0.5) is 5.69 Å². The first-order chi connectivity index (χ1) is 8.93. The molecule has 0 atom stereocenters. The molecule has 0 saturated heterocycles. The smallest absolute Gasteiger partial charge is 0.244 e. The second kappa shape index (κ2) is 6.55. The van der Waals surface area contributed by atoms with Gasteiger partial charge in [0.1, 0.15) is 6.54 Å². The lowest BCUT2D eigenvalue weighted by Crippen LogP contribution is -2.41. The molecule has 0 aliphatic rings. The van der Waals surface area contributed by atoms with Crippen molar-refractivity contribution < 1.29 is 9.59 Å². The average Bonchev–Trinajstić information content (AvgIpc) is 2.35. The molecule has 0 heterocycles. The molecule has 0 aromatic heterocycles. The van der Waals surface area contributed by atoms with Crippen molar-refractivity contribution in [2.45, 2.75) is 26.8 Å². The summed E-state index contributed by atoms with van der Waals surface area (Å²) in [5.41, 5.74) is 1.03. The second-order valence-corrected chi connectivity index (χ2v) is 4.48. The number of nitrogens with zero attached hydrogens (tertiary/aromatic N) is 2. The van der Waals surface area contributed by atoms with E-state index in [1.54, 1.807) is 24.3 Å². The van der Waals surface area contributed by atoms with Crippen molar-refractivity contribution in [2.75, 3.05) is 11.9 Å². The lowest BCUT2D eigenvalue weighted by molar-refractivity contribution is -0.134. The van der Waals surface area contributed by atoms with Crippen LogP contribution in [0.5, 0.6) is 0 Å². The molecule has 0 aliphatic carbocycles. The van der Waals surface area contributed by atoms with Gasteiger partial charge in [0, 0.05) is 18.7 Å². The molecule has 0 spiro atoms. The minimum atomic E-state index is -0.279. The lowest BCUT2D eigenvalue weighted by atomic mass is 10.2. The highest BCUT2D eigenvalue weighted by Gasteiger charge is 2.16. The van der Waals surface area contributed by atoms with Crippen molar-refractivity contribution in [1.82, 2.24) is 4.90 Å². The molecule has 5 nitrogen and oxygen atoms in total. The number of anilines is 1. The molecular weight excluding hydrogens is 242 g/mol. The highest BCUT2D eigenvalue weighted by Crippen LogP contribution is 2.10. The van der Waals surface area contributed by atoms with Gasteiger partial charge in [-0.1, -0.05) is 6.07 Å². The molecule has 1 aromatic carbocycles. The van der Waals surface area contributed by atoms with Crippen molar-refractivity contribution in [1.29, 1.82) is 5.26 Å². The summed E-state index contributed by atoms with van der Waals surface area (Å²) in [4.78, 5) is 24.7. The lowest BCUT2D eigenvalue weighted by Gasteiger charge is -2.24. The molecule has 1 N–H and O–H groups in total. The molecule has 0 bridgehead atoms. The van der Waals surface area contributed by atoms with Crippen LogP contribution < -0.4 is 5.32 Å². The van der Waals surface area contributed by atoms with Crippen LogP contribution in [0.25, 0.3) is 0 Å². The van der Waals surface area contributed by atoms with E-state index in [1.807, 2.05) is 19.9 Å². The van der Waals surface area contributed by atoms with E-state index in [4.69, 9.17) is 5.26 Å². The Morgan fingerprint density at radius 3 is 2.63 bits per heavy atom. The SMILES string of the molecule is CC(=O)N(CC(=O)Nc1cccc(C#N)c1)C(C)C. The fourth-order valence-electron chi connectivity index (χ4n) is 1.68. The summed E-state index contributed by atoms with van der Waals surface area (Å²) in [5.74, 6) is -0.421. The number of nitrogens with one attached hydrogen (secondary N) is 1. The van der Waals surface area contributed by atoms with Gasteiger partial charge in [-0.3, -0.25) is 9.59 Å². The number of carbonyl (C=O) groups excluding carboxylic acids is 2. The topological polar surface area (TPSA) is 73.2 Å². The molecule has 1 rings (SSSR count). The standard InChI is InChI=1S/C14H17N3O2/c1-10(2)17(11(3)18)9-14(19)16-13-6-4-5-12(7-13)8-15/h4-7,10H,9H2,1-3H3,(H,16,19). The third kappa shape index (κ3) is 4.43. The van der Waals surface area contributed by atoms with Crippen LogP contribution in [-0.4, -0.2) is 29.3 Å². The number of rotatable bonds is 4. The molecule has 0 fully saturated rings. The Labute approximate surface area is 112 Å². The Hall–Kier alpha value is -2.35. The normalized spacial score (nSPS) is 9.84. The quantitative estimate of drug-likeness (QED) is 0.895. The zero-order valence-corrected chi connectivity index (χ0v) is 11.3. The molecule has 100 valence electrons. The largest absolute Gasteiger partial charge is 0.331 e. The third-order valence-electron chi connectivity index (χ3n) is 2.62. The summed E-state index contributed by atoms with van der Waals surface area (Å²) >= 11 is 0. The fourth-order valence-corrected chi connectivity index (χ4v) is 1.68. The summed E-state index contributed by atoms with van der Waals surface area (Å²) in [6.07, 6.45) is 0. The maximum absolute atomic E-state index is 11.8. The van der Waals surface area contributed by atoms with Crippen LogP contribution >= 0.6 is 0 Å². The predicted octanol–water partition coefficient (Wildman–Crippen LogP) is 1.75. The Bertz CT molecular complexity index is 518. The van der Waals surface area contributed by atoms with Gasteiger partial charge in [-0.25, -0.2) is 0 Å². The summed E-state index contributed by atoms with van der Waals surface area (Å²) in [7, 11) is 0. The maximum Gasteiger partial charge on any atom is 0.244 e. The minimum absolute atomic E-state index is 0.00375. The highest BCUT2D eigenvalue weighted by atomic mass is 16.2. The van der Waals surface area contributed by atoms with Crippen LogP contribution in [-0.2, 0) is 9.59 Å². The number of benzene rings is 1. The van der Waals surface area contributed by atoms with E-state index in [0.717, 1.165) is 0 Å². The van der Waals surface area contributed by atoms with Gasteiger partial charge >= 0.3 is 0 Å². The maximum atomic E-state index is 11.8. The van der Waals surface area contributed by atoms with Gasteiger partial charge in [-0.05, 0) is 32.0 Å². The highest BCUT2D eigenvalue weighted by molar-refractivity contribution is 5.94. The van der Waals surface area contributed by atoms with E-state index >= 15 is 0 Å². The van der Waals surface area contributed by atoms with Gasteiger partial charge in [-0.2, -0.15) is 5.26 Å². The number of amides is 2. The first-order valence-corrected chi connectivity index (χ1v) is 6.01. The van der Waals surface area contributed by atoms with Crippen molar-refractivity contribution in [3.63, 3.8) is 0 Å². The fraction of sp³-hybridized carbons (Fsp3) is 0.357. The first-order valence-electron chi connectivity index (χ1n) is 6.01. The van der Waals surface area contributed by atoms with Crippen LogP contribution in [0.15, 0.2) is 24.3 Å². The summed E-state index contributed by atoms with van der Waals surface area (Å²) < 4.78 is 0. The Kier molecular flexibility index (Phi) is 5.07. The van der Waals surface area contributed by atoms with Crippen molar-refractivity contribution in [3.05, 3.63) is 29.8 Å². The van der Waals surface area contributed by atoms with E-state index in [2.05, 4.69) is 5.32 Å². The predicted molar refractivity (Wildman–Crippen MR) is 72.3 cm³/mol. The van der Waals surface area contributed by atoms with Gasteiger partial charge in [0.25, 0.3) is 0 Å². The molecule has 0 aliphatic heterocycles. The zero-order chi connectivity index (χ0) is 14.4. The summed E-state index contributed by atoms with van der Waals surface area (Å²) in [5, 5.41) is 11.4. The number of hydrogen-bond acceptors (Lipinski definition) is 3.